The van der Waals surface area contributed by atoms with Crippen LogP contribution in [-0.2, 0) is 6.18 Å². The SMILES string of the molecule is O=Cc1ccc(Oc2ccc(F)c(C(F)(F)F)c2)cc1. The zero-order valence-electron chi connectivity index (χ0n) is 9.95. The van der Waals surface area contributed by atoms with E-state index < -0.39 is 17.6 Å². The van der Waals surface area contributed by atoms with Gasteiger partial charge in [-0.1, -0.05) is 0 Å². The van der Waals surface area contributed by atoms with E-state index in [4.69, 9.17) is 4.74 Å². The Balaban J connectivity index is 2.27. The lowest BCUT2D eigenvalue weighted by atomic mass is 10.2. The molecule has 0 amide bonds. The Morgan fingerprint density at radius 3 is 2.10 bits per heavy atom. The van der Waals surface area contributed by atoms with Crippen molar-refractivity contribution in [3.05, 3.63) is 59.4 Å². The average molecular weight is 284 g/mol. The molecule has 2 aromatic carbocycles. The van der Waals surface area contributed by atoms with E-state index in [2.05, 4.69) is 0 Å². The molecule has 0 saturated carbocycles. The van der Waals surface area contributed by atoms with Crippen LogP contribution in [0.1, 0.15) is 15.9 Å². The standard InChI is InChI=1S/C14H8F4O2/c15-13-6-5-11(7-12(13)14(16,17)18)20-10-3-1-9(8-19)2-4-10/h1-8H. The van der Waals surface area contributed by atoms with Gasteiger partial charge in [0.1, 0.15) is 23.6 Å². The second kappa shape index (κ2) is 5.32. The van der Waals surface area contributed by atoms with Gasteiger partial charge >= 0.3 is 6.18 Å². The minimum atomic E-state index is -4.79. The van der Waals surface area contributed by atoms with Crippen LogP contribution in [0.3, 0.4) is 0 Å². The van der Waals surface area contributed by atoms with Crippen LogP contribution < -0.4 is 4.74 Å². The van der Waals surface area contributed by atoms with Gasteiger partial charge in [-0.3, -0.25) is 4.79 Å². The molecule has 0 spiro atoms. The summed E-state index contributed by atoms with van der Waals surface area (Å²) < 4.78 is 55.9. The van der Waals surface area contributed by atoms with Crippen molar-refractivity contribution in [2.45, 2.75) is 6.18 Å². The maximum Gasteiger partial charge on any atom is 0.419 e. The highest BCUT2D eigenvalue weighted by Crippen LogP contribution is 2.34. The normalized spacial score (nSPS) is 11.2. The number of aldehydes is 1. The predicted molar refractivity (Wildman–Crippen MR) is 63.3 cm³/mol. The van der Waals surface area contributed by atoms with Crippen molar-refractivity contribution in [2.24, 2.45) is 0 Å². The summed E-state index contributed by atoms with van der Waals surface area (Å²) in [4.78, 5) is 10.5. The first-order valence-corrected chi connectivity index (χ1v) is 5.50. The maximum atomic E-state index is 13.1. The summed E-state index contributed by atoms with van der Waals surface area (Å²) in [5.74, 6) is -1.26. The molecule has 104 valence electrons. The highest BCUT2D eigenvalue weighted by molar-refractivity contribution is 5.74. The molecule has 0 aromatic heterocycles. The van der Waals surface area contributed by atoms with Gasteiger partial charge in [0.2, 0.25) is 0 Å². The van der Waals surface area contributed by atoms with Gasteiger partial charge in [-0.05, 0) is 42.5 Å². The van der Waals surface area contributed by atoms with E-state index >= 15 is 0 Å². The minimum absolute atomic E-state index is 0.141. The molecular formula is C14H8F4O2. The molecule has 0 N–H and O–H groups in total. The van der Waals surface area contributed by atoms with E-state index in [1.807, 2.05) is 0 Å². The number of halogens is 4. The van der Waals surface area contributed by atoms with E-state index in [-0.39, 0.29) is 11.5 Å². The number of carbonyl (C=O) groups is 1. The average Bonchev–Trinajstić information content (AvgIpc) is 2.40. The molecule has 0 saturated heterocycles. The zero-order valence-corrected chi connectivity index (χ0v) is 9.95. The molecule has 0 aliphatic rings. The molecule has 0 unspecified atom stereocenters. The number of benzene rings is 2. The van der Waals surface area contributed by atoms with Crippen LogP contribution in [0.5, 0.6) is 11.5 Å². The van der Waals surface area contributed by atoms with Gasteiger partial charge in [0.25, 0.3) is 0 Å². The molecule has 0 fully saturated rings. The third-order valence-electron chi connectivity index (χ3n) is 2.50. The summed E-state index contributed by atoms with van der Waals surface area (Å²) in [6, 6.07) is 8.15. The van der Waals surface area contributed by atoms with Crippen molar-refractivity contribution in [2.75, 3.05) is 0 Å². The molecule has 20 heavy (non-hydrogen) atoms. The number of hydrogen-bond donors (Lipinski definition) is 0. The lowest BCUT2D eigenvalue weighted by molar-refractivity contribution is -0.140. The molecule has 0 aliphatic heterocycles. The van der Waals surface area contributed by atoms with E-state index in [9.17, 15) is 22.4 Å². The Bertz CT molecular complexity index is 618. The van der Waals surface area contributed by atoms with Crippen LogP contribution in [0.2, 0.25) is 0 Å². The molecule has 0 atom stereocenters. The van der Waals surface area contributed by atoms with Crippen LogP contribution in [0.4, 0.5) is 17.6 Å². The van der Waals surface area contributed by atoms with Crippen molar-refractivity contribution in [3.63, 3.8) is 0 Å². The maximum absolute atomic E-state index is 13.1. The molecule has 2 rings (SSSR count). The number of carbonyl (C=O) groups excluding carboxylic acids is 1. The second-order valence-electron chi connectivity index (χ2n) is 3.93. The van der Waals surface area contributed by atoms with Gasteiger partial charge in [-0.25, -0.2) is 4.39 Å². The summed E-state index contributed by atoms with van der Waals surface area (Å²) in [6.07, 6.45) is -4.16. The molecule has 2 nitrogen and oxygen atoms in total. The van der Waals surface area contributed by atoms with Crippen molar-refractivity contribution in [1.82, 2.24) is 0 Å². The van der Waals surface area contributed by atoms with Gasteiger partial charge in [0.05, 0.1) is 5.56 Å². The Hall–Kier alpha value is -2.37. The summed E-state index contributed by atoms with van der Waals surface area (Å²) in [6.45, 7) is 0. The van der Waals surface area contributed by atoms with Gasteiger partial charge in [-0.2, -0.15) is 13.2 Å². The summed E-state index contributed by atoms with van der Waals surface area (Å²) in [5, 5.41) is 0. The Morgan fingerprint density at radius 2 is 1.55 bits per heavy atom. The van der Waals surface area contributed by atoms with Gasteiger partial charge in [0.15, 0.2) is 0 Å². The first-order chi connectivity index (χ1) is 9.40. The van der Waals surface area contributed by atoms with Crippen LogP contribution >= 0.6 is 0 Å². The van der Waals surface area contributed by atoms with E-state index in [0.717, 1.165) is 6.07 Å². The fourth-order valence-electron chi connectivity index (χ4n) is 1.54. The highest BCUT2D eigenvalue weighted by Gasteiger charge is 2.34. The fraction of sp³-hybridized carbons (Fsp3) is 0.0714. The predicted octanol–water partition coefficient (Wildman–Crippen LogP) is 4.45. The summed E-state index contributed by atoms with van der Waals surface area (Å²) in [7, 11) is 0. The number of rotatable bonds is 3. The zero-order chi connectivity index (χ0) is 14.8. The minimum Gasteiger partial charge on any atom is -0.457 e. The third-order valence-corrected chi connectivity index (χ3v) is 2.50. The second-order valence-corrected chi connectivity index (χ2v) is 3.93. The van der Waals surface area contributed by atoms with Crippen molar-refractivity contribution in [1.29, 1.82) is 0 Å². The fourth-order valence-corrected chi connectivity index (χ4v) is 1.54. The lowest BCUT2D eigenvalue weighted by Crippen LogP contribution is -2.08. The summed E-state index contributed by atoms with van der Waals surface area (Å²) in [5.41, 5.74) is -0.980. The van der Waals surface area contributed by atoms with Crippen molar-refractivity contribution in [3.8, 4) is 11.5 Å². The molecule has 2 aromatic rings. The topological polar surface area (TPSA) is 26.3 Å². The van der Waals surface area contributed by atoms with Crippen molar-refractivity contribution >= 4 is 6.29 Å². The molecule has 0 radical (unpaired) electrons. The van der Waals surface area contributed by atoms with Crippen LogP contribution in [0.25, 0.3) is 0 Å². The Labute approximate surface area is 111 Å². The lowest BCUT2D eigenvalue weighted by Gasteiger charge is -2.11. The molecule has 0 bridgehead atoms. The van der Waals surface area contributed by atoms with Crippen LogP contribution in [-0.4, -0.2) is 6.29 Å². The smallest absolute Gasteiger partial charge is 0.419 e. The molecule has 0 heterocycles. The molecular weight excluding hydrogens is 276 g/mol. The molecule has 0 aliphatic carbocycles. The monoisotopic (exact) mass is 284 g/mol. The quantitative estimate of drug-likeness (QED) is 0.615. The van der Waals surface area contributed by atoms with E-state index in [1.54, 1.807) is 0 Å². The van der Waals surface area contributed by atoms with Crippen LogP contribution in [0.15, 0.2) is 42.5 Å². The first kappa shape index (κ1) is 14.0. The number of ether oxygens (including phenoxy) is 1. The van der Waals surface area contributed by atoms with Gasteiger partial charge in [-0.15, -0.1) is 0 Å². The first-order valence-electron chi connectivity index (χ1n) is 5.50. The Kier molecular flexibility index (Phi) is 3.74. The number of alkyl halides is 3. The van der Waals surface area contributed by atoms with Gasteiger partial charge in [0, 0.05) is 5.56 Å². The van der Waals surface area contributed by atoms with Gasteiger partial charge < -0.3 is 4.74 Å². The van der Waals surface area contributed by atoms with E-state index in [1.165, 1.54) is 24.3 Å². The summed E-state index contributed by atoms with van der Waals surface area (Å²) >= 11 is 0. The highest BCUT2D eigenvalue weighted by atomic mass is 19.4. The Morgan fingerprint density at radius 1 is 0.950 bits per heavy atom. The number of hydrogen-bond acceptors (Lipinski definition) is 2. The molecule has 6 heteroatoms. The third kappa shape index (κ3) is 3.14. The van der Waals surface area contributed by atoms with E-state index in [0.29, 0.717) is 24.0 Å². The largest absolute Gasteiger partial charge is 0.457 e. The van der Waals surface area contributed by atoms with Crippen molar-refractivity contribution < 1.29 is 27.1 Å². The van der Waals surface area contributed by atoms with Crippen LogP contribution in [0, 0.1) is 5.82 Å².